The third-order valence-electron chi connectivity index (χ3n) is 4.68. The number of hydrogen-bond acceptors (Lipinski definition) is 4. The van der Waals surface area contributed by atoms with Gasteiger partial charge in [-0.1, -0.05) is 42.0 Å². The molecule has 0 unspecified atom stereocenters. The van der Waals surface area contributed by atoms with Gasteiger partial charge in [-0.3, -0.25) is 14.2 Å². The minimum atomic E-state index is -0.264. The van der Waals surface area contributed by atoms with E-state index in [0.717, 1.165) is 11.1 Å². The van der Waals surface area contributed by atoms with Gasteiger partial charge in [0.15, 0.2) is 11.5 Å². The molecule has 4 aromatic rings. The topological polar surface area (TPSA) is 69.8 Å². The minimum absolute atomic E-state index is 0.151. The Morgan fingerprint density at radius 1 is 1.04 bits per heavy atom. The van der Waals surface area contributed by atoms with Crippen LogP contribution in [0.5, 0.6) is 0 Å². The van der Waals surface area contributed by atoms with E-state index >= 15 is 0 Å². The maximum absolute atomic E-state index is 13.0. The lowest BCUT2D eigenvalue weighted by Gasteiger charge is -2.06. The summed E-state index contributed by atoms with van der Waals surface area (Å²) in [7, 11) is 0. The van der Waals surface area contributed by atoms with Crippen LogP contribution in [0.15, 0.2) is 59.5 Å². The molecular formula is C20H14N4O2. The normalized spacial score (nSPS) is 12.4. The van der Waals surface area contributed by atoms with Gasteiger partial charge >= 0.3 is 0 Å². The van der Waals surface area contributed by atoms with E-state index < -0.39 is 0 Å². The van der Waals surface area contributed by atoms with Crippen LogP contribution in [0.25, 0.3) is 16.7 Å². The van der Waals surface area contributed by atoms with Crippen molar-refractivity contribution in [1.82, 2.24) is 19.3 Å². The number of ketones is 1. The van der Waals surface area contributed by atoms with E-state index in [1.807, 2.05) is 43.3 Å². The number of hydrogen-bond donors (Lipinski definition) is 0. The molecule has 2 aromatic carbocycles. The van der Waals surface area contributed by atoms with Crippen molar-refractivity contribution in [3.05, 3.63) is 87.6 Å². The first kappa shape index (κ1) is 14.8. The van der Waals surface area contributed by atoms with Crippen LogP contribution in [0.3, 0.4) is 0 Å². The summed E-state index contributed by atoms with van der Waals surface area (Å²) in [5.74, 6) is -0.0759. The molecular weight excluding hydrogens is 328 g/mol. The first-order valence-corrected chi connectivity index (χ1v) is 8.32. The predicted molar refractivity (Wildman–Crippen MR) is 96.8 cm³/mol. The summed E-state index contributed by atoms with van der Waals surface area (Å²) in [5.41, 5.74) is 3.29. The molecule has 1 aliphatic heterocycles. The molecule has 6 nitrogen and oxygen atoms in total. The summed E-state index contributed by atoms with van der Waals surface area (Å²) in [6.45, 7) is 2.40. The Morgan fingerprint density at radius 2 is 1.85 bits per heavy atom. The molecule has 1 aliphatic rings. The Bertz CT molecular complexity index is 1250. The lowest BCUT2D eigenvalue weighted by atomic mass is 10.1. The number of carbonyl (C=O) groups excluding carboxylic acids is 1. The Balaban J connectivity index is 1.73. The van der Waals surface area contributed by atoms with Crippen LogP contribution in [0, 0.1) is 6.92 Å². The van der Waals surface area contributed by atoms with E-state index in [-0.39, 0.29) is 17.2 Å². The van der Waals surface area contributed by atoms with Crippen LogP contribution >= 0.6 is 0 Å². The Hall–Kier alpha value is -3.54. The van der Waals surface area contributed by atoms with Crippen LogP contribution in [0.1, 0.15) is 27.3 Å². The van der Waals surface area contributed by atoms with Gasteiger partial charge < -0.3 is 0 Å². The highest BCUT2D eigenvalue weighted by Crippen LogP contribution is 2.27. The Morgan fingerprint density at radius 3 is 2.65 bits per heavy atom. The molecule has 0 saturated heterocycles. The zero-order chi connectivity index (χ0) is 17.8. The summed E-state index contributed by atoms with van der Waals surface area (Å²) in [4.78, 5) is 30.3. The largest absolute Gasteiger partial charge is 0.285 e. The number of fused-ring (bicyclic) bond motifs is 4. The van der Waals surface area contributed by atoms with Gasteiger partial charge in [-0.25, -0.2) is 9.67 Å². The molecule has 0 bridgehead atoms. The summed E-state index contributed by atoms with van der Waals surface area (Å²) in [6, 6.07) is 15.3. The highest BCUT2D eigenvalue weighted by atomic mass is 16.1. The number of nitrogens with zero attached hydrogens (tertiary/aromatic N) is 4. The number of rotatable bonds is 2. The number of benzene rings is 2. The molecule has 0 atom stereocenters. The molecule has 2 aromatic heterocycles. The first-order chi connectivity index (χ1) is 12.6. The standard InChI is InChI=1S/C20H14N4O2/c1-12-7-8-16-14(9-12)17(25)19-22-18-15(20(26)24(16)19)10-21-23(18)11-13-5-3-2-4-6-13/h2-10H,11H2,1H3. The summed E-state index contributed by atoms with van der Waals surface area (Å²) >= 11 is 0. The van der Waals surface area contributed by atoms with Crippen molar-refractivity contribution in [3.63, 3.8) is 0 Å². The van der Waals surface area contributed by atoms with Crippen molar-refractivity contribution in [1.29, 1.82) is 0 Å². The molecule has 0 saturated carbocycles. The van der Waals surface area contributed by atoms with Crippen molar-refractivity contribution in [2.75, 3.05) is 0 Å². The predicted octanol–water partition coefficient (Wildman–Crippen LogP) is 2.48. The van der Waals surface area contributed by atoms with Crippen LogP contribution in [-0.2, 0) is 6.54 Å². The summed E-state index contributed by atoms with van der Waals surface area (Å²) in [6.07, 6.45) is 1.53. The summed E-state index contributed by atoms with van der Waals surface area (Å²) < 4.78 is 3.06. The van der Waals surface area contributed by atoms with Gasteiger partial charge in [-0.05, 0) is 24.6 Å². The Labute approximate surface area is 148 Å². The van der Waals surface area contributed by atoms with Gasteiger partial charge in [-0.15, -0.1) is 0 Å². The van der Waals surface area contributed by atoms with Gasteiger partial charge in [0.1, 0.15) is 5.39 Å². The van der Waals surface area contributed by atoms with E-state index in [1.165, 1.54) is 10.8 Å². The zero-order valence-electron chi connectivity index (χ0n) is 14.0. The van der Waals surface area contributed by atoms with Gasteiger partial charge in [0, 0.05) is 0 Å². The molecule has 5 rings (SSSR count). The summed E-state index contributed by atoms with van der Waals surface area (Å²) in [5, 5.41) is 4.72. The fourth-order valence-corrected chi connectivity index (χ4v) is 3.41. The second-order valence-electron chi connectivity index (χ2n) is 6.45. The molecule has 0 N–H and O–H groups in total. The van der Waals surface area contributed by atoms with E-state index in [0.29, 0.717) is 28.8 Å². The fraction of sp³-hybridized carbons (Fsp3) is 0.100. The van der Waals surface area contributed by atoms with Crippen LogP contribution in [0.4, 0.5) is 0 Å². The zero-order valence-corrected chi connectivity index (χ0v) is 14.0. The second-order valence-corrected chi connectivity index (χ2v) is 6.45. The first-order valence-electron chi connectivity index (χ1n) is 8.32. The third kappa shape index (κ3) is 1.99. The lowest BCUT2D eigenvalue weighted by molar-refractivity contribution is 0.103. The fourth-order valence-electron chi connectivity index (χ4n) is 3.41. The molecule has 126 valence electrons. The van der Waals surface area contributed by atoms with Crippen LogP contribution in [0.2, 0.25) is 0 Å². The van der Waals surface area contributed by atoms with E-state index in [4.69, 9.17) is 0 Å². The number of carbonyl (C=O) groups is 1. The monoisotopic (exact) mass is 342 g/mol. The van der Waals surface area contributed by atoms with Crippen LogP contribution in [-0.4, -0.2) is 25.1 Å². The second kappa shape index (κ2) is 5.23. The molecule has 0 radical (unpaired) electrons. The Kier molecular flexibility index (Phi) is 2.97. The molecule has 0 aliphatic carbocycles. The number of aryl methyl sites for hydroxylation is 1. The van der Waals surface area contributed by atoms with Crippen LogP contribution < -0.4 is 5.56 Å². The number of aromatic nitrogens is 4. The van der Waals surface area contributed by atoms with Gasteiger partial charge in [0.2, 0.25) is 5.78 Å². The van der Waals surface area contributed by atoms with Gasteiger partial charge in [-0.2, -0.15) is 5.10 Å². The van der Waals surface area contributed by atoms with Crippen molar-refractivity contribution in [3.8, 4) is 5.69 Å². The highest BCUT2D eigenvalue weighted by molar-refractivity contribution is 6.13. The van der Waals surface area contributed by atoms with Crippen molar-refractivity contribution in [2.45, 2.75) is 13.5 Å². The van der Waals surface area contributed by atoms with E-state index in [1.54, 1.807) is 16.8 Å². The van der Waals surface area contributed by atoms with Crippen molar-refractivity contribution >= 4 is 16.8 Å². The molecule has 0 fully saturated rings. The molecule has 6 heteroatoms. The van der Waals surface area contributed by atoms with E-state index in [2.05, 4.69) is 10.1 Å². The molecule has 3 heterocycles. The average molecular weight is 342 g/mol. The highest BCUT2D eigenvalue weighted by Gasteiger charge is 2.31. The average Bonchev–Trinajstić information content (AvgIpc) is 3.17. The SMILES string of the molecule is Cc1ccc2c(c1)C(=O)c1nc3c(cnn3Cc3ccccc3)c(=O)n1-2. The molecule has 26 heavy (non-hydrogen) atoms. The van der Waals surface area contributed by atoms with E-state index in [9.17, 15) is 9.59 Å². The minimum Gasteiger partial charge on any atom is -0.285 e. The maximum Gasteiger partial charge on any atom is 0.269 e. The van der Waals surface area contributed by atoms with Crippen molar-refractivity contribution < 1.29 is 4.79 Å². The molecule has 0 amide bonds. The quantitative estimate of drug-likeness (QED) is 0.494. The smallest absolute Gasteiger partial charge is 0.269 e. The molecule has 0 spiro atoms. The van der Waals surface area contributed by atoms with Gasteiger partial charge in [0.25, 0.3) is 5.56 Å². The third-order valence-corrected chi connectivity index (χ3v) is 4.68. The van der Waals surface area contributed by atoms with Gasteiger partial charge in [0.05, 0.1) is 24.0 Å². The lowest BCUT2D eigenvalue weighted by Crippen LogP contribution is -2.21. The maximum atomic E-state index is 13.0. The van der Waals surface area contributed by atoms with Crippen molar-refractivity contribution in [2.24, 2.45) is 0 Å².